The van der Waals surface area contributed by atoms with E-state index in [9.17, 15) is 18.0 Å². The van der Waals surface area contributed by atoms with Gasteiger partial charge in [0.15, 0.2) is 5.78 Å². The molecular weight excluding hydrogens is 438 g/mol. The molecule has 170 valence electrons. The summed E-state index contributed by atoms with van der Waals surface area (Å²) in [5.74, 6) is -0.178. The van der Waals surface area contributed by atoms with Gasteiger partial charge in [0.1, 0.15) is 0 Å². The predicted octanol–water partition coefficient (Wildman–Crippen LogP) is 3.74. The van der Waals surface area contributed by atoms with Crippen LogP contribution in [-0.2, 0) is 16.6 Å². The number of sulfonamides is 1. The lowest BCUT2D eigenvalue weighted by Gasteiger charge is -2.24. The summed E-state index contributed by atoms with van der Waals surface area (Å²) in [5.41, 5.74) is 2.64. The average Bonchev–Trinajstić information content (AvgIpc) is 3.33. The molecule has 0 aliphatic carbocycles. The fourth-order valence-electron chi connectivity index (χ4n) is 3.95. The van der Waals surface area contributed by atoms with Crippen LogP contribution in [0, 0.1) is 0 Å². The second-order valence-electron chi connectivity index (χ2n) is 8.01. The van der Waals surface area contributed by atoms with Crippen molar-refractivity contribution < 1.29 is 18.0 Å². The largest absolute Gasteiger partial charge is 0.330 e. The van der Waals surface area contributed by atoms with Crippen molar-refractivity contribution in [3.05, 3.63) is 95.3 Å². The Labute approximate surface area is 193 Å². The van der Waals surface area contributed by atoms with Crippen LogP contribution >= 0.6 is 0 Å². The maximum absolute atomic E-state index is 13.1. The maximum Gasteiger partial charge on any atom is 0.254 e. The van der Waals surface area contributed by atoms with Crippen molar-refractivity contribution >= 4 is 21.7 Å². The van der Waals surface area contributed by atoms with Gasteiger partial charge in [-0.1, -0.05) is 30.3 Å². The van der Waals surface area contributed by atoms with Crippen molar-refractivity contribution in [1.82, 2.24) is 14.6 Å². The van der Waals surface area contributed by atoms with E-state index in [-0.39, 0.29) is 29.2 Å². The molecule has 1 atom stereocenters. The highest BCUT2D eigenvalue weighted by Crippen LogP contribution is 2.31. The van der Waals surface area contributed by atoms with E-state index < -0.39 is 10.0 Å². The third-order valence-electron chi connectivity index (χ3n) is 5.78. The summed E-state index contributed by atoms with van der Waals surface area (Å²) in [6.45, 7) is 2.20. The lowest BCUT2D eigenvalue weighted by Crippen LogP contribution is -2.31. The Balaban J connectivity index is 1.41. The molecule has 3 aromatic rings. The Bertz CT molecular complexity index is 1240. The molecular formula is C25H25N3O4S. The van der Waals surface area contributed by atoms with Gasteiger partial charge in [0.25, 0.3) is 5.91 Å². The van der Waals surface area contributed by atoms with Gasteiger partial charge in [0, 0.05) is 30.4 Å². The van der Waals surface area contributed by atoms with Gasteiger partial charge in [0.05, 0.1) is 16.6 Å². The molecule has 1 fully saturated rings. The third-order valence-corrected chi connectivity index (χ3v) is 7.20. The number of aromatic nitrogens is 1. The summed E-state index contributed by atoms with van der Waals surface area (Å²) < 4.78 is 27.6. The zero-order valence-corrected chi connectivity index (χ0v) is 19.1. The van der Waals surface area contributed by atoms with Crippen LogP contribution in [0.1, 0.15) is 57.8 Å². The SMILES string of the molecule is CC(=O)c1ccc(S(=O)(=O)NCc2ccc(C(=O)N3CCCC3c3ccccn3)cc2)cc1. The molecule has 4 rings (SSSR count). The molecule has 7 nitrogen and oxygen atoms in total. The molecule has 1 saturated heterocycles. The third kappa shape index (κ3) is 5.18. The second kappa shape index (κ2) is 9.64. The first-order valence-electron chi connectivity index (χ1n) is 10.8. The van der Waals surface area contributed by atoms with Crippen LogP contribution in [0.5, 0.6) is 0 Å². The van der Waals surface area contributed by atoms with Crippen molar-refractivity contribution in [3.8, 4) is 0 Å². The van der Waals surface area contributed by atoms with Gasteiger partial charge in [-0.3, -0.25) is 14.6 Å². The van der Waals surface area contributed by atoms with E-state index in [0.29, 0.717) is 17.7 Å². The number of benzene rings is 2. The lowest BCUT2D eigenvalue weighted by atomic mass is 10.1. The molecule has 8 heteroatoms. The Morgan fingerprint density at radius 1 is 1.00 bits per heavy atom. The van der Waals surface area contributed by atoms with E-state index in [2.05, 4.69) is 9.71 Å². The minimum atomic E-state index is -3.72. The molecule has 2 aromatic carbocycles. The number of carbonyl (C=O) groups excluding carboxylic acids is 2. The molecule has 0 saturated carbocycles. The number of nitrogens with zero attached hydrogens (tertiary/aromatic N) is 2. The predicted molar refractivity (Wildman–Crippen MR) is 124 cm³/mol. The number of Topliss-reactive ketones (excluding diaryl/α,β-unsaturated/α-hetero) is 1. The smallest absolute Gasteiger partial charge is 0.254 e. The van der Waals surface area contributed by atoms with E-state index in [0.717, 1.165) is 24.1 Å². The zero-order valence-electron chi connectivity index (χ0n) is 18.3. The van der Waals surface area contributed by atoms with Crippen molar-refractivity contribution in [1.29, 1.82) is 0 Å². The summed E-state index contributed by atoms with van der Waals surface area (Å²) in [6.07, 6.45) is 3.56. The van der Waals surface area contributed by atoms with Crippen molar-refractivity contribution in [2.75, 3.05) is 6.54 Å². The summed E-state index contributed by atoms with van der Waals surface area (Å²) in [6, 6.07) is 18.5. The second-order valence-corrected chi connectivity index (χ2v) is 9.78. The van der Waals surface area contributed by atoms with Gasteiger partial charge < -0.3 is 4.90 Å². The topological polar surface area (TPSA) is 96.4 Å². The number of likely N-dealkylation sites (tertiary alicyclic amines) is 1. The van der Waals surface area contributed by atoms with Crippen molar-refractivity contribution in [3.63, 3.8) is 0 Å². The minimum Gasteiger partial charge on any atom is -0.330 e. The first kappa shape index (κ1) is 22.8. The summed E-state index contributed by atoms with van der Waals surface area (Å²) in [4.78, 5) is 30.8. The molecule has 0 spiro atoms. The van der Waals surface area contributed by atoms with Crippen molar-refractivity contribution in [2.24, 2.45) is 0 Å². The Morgan fingerprint density at radius 3 is 2.33 bits per heavy atom. The number of rotatable bonds is 7. The molecule has 0 bridgehead atoms. The highest BCUT2D eigenvalue weighted by atomic mass is 32.2. The van der Waals surface area contributed by atoms with Crippen LogP contribution in [0.2, 0.25) is 0 Å². The highest BCUT2D eigenvalue weighted by Gasteiger charge is 2.31. The standard InChI is InChI=1S/C25H25N3O4S/c1-18(29)20-11-13-22(14-12-20)33(31,32)27-17-19-7-9-21(10-8-19)25(30)28-16-4-6-24(28)23-5-2-3-15-26-23/h2-3,5,7-15,24,27H,4,6,16-17H2,1H3. The van der Waals surface area contributed by atoms with E-state index in [1.807, 2.05) is 23.1 Å². The zero-order chi connectivity index (χ0) is 23.4. The summed E-state index contributed by atoms with van der Waals surface area (Å²) >= 11 is 0. The molecule has 1 amide bonds. The molecule has 2 heterocycles. The molecule has 1 aromatic heterocycles. The number of hydrogen-bond acceptors (Lipinski definition) is 5. The van der Waals surface area contributed by atoms with Crippen LogP contribution in [0.3, 0.4) is 0 Å². The number of pyridine rings is 1. The van der Waals surface area contributed by atoms with Gasteiger partial charge in [-0.2, -0.15) is 0 Å². The Kier molecular flexibility index (Phi) is 6.67. The van der Waals surface area contributed by atoms with Gasteiger partial charge in [0.2, 0.25) is 10.0 Å². The fraction of sp³-hybridized carbons (Fsp3) is 0.240. The Morgan fingerprint density at radius 2 is 1.70 bits per heavy atom. The summed E-state index contributed by atoms with van der Waals surface area (Å²) in [7, 11) is -3.72. The van der Waals surface area contributed by atoms with Crippen LogP contribution in [0.4, 0.5) is 0 Å². The average molecular weight is 464 g/mol. The van der Waals surface area contributed by atoms with Gasteiger partial charge in [-0.25, -0.2) is 13.1 Å². The number of hydrogen-bond donors (Lipinski definition) is 1. The van der Waals surface area contributed by atoms with Gasteiger partial charge >= 0.3 is 0 Å². The molecule has 33 heavy (non-hydrogen) atoms. The number of carbonyl (C=O) groups is 2. The number of ketones is 1. The molecule has 1 N–H and O–H groups in total. The maximum atomic E-state index is 13.1. The van der Waals surface area contributed by atoms with Gasteiger partial charge in [-0.05, 0) is 61.7 Å². The van der Waals surface area contributed by atoms with Crippen LogP contribution in [0.15, 0.2) is 77.8 Å². The fourth-order valence-corrected chi connectivity index (χ4v) is 4.97. The molecule has 1 aliphatic heterocycles. The molecule has 1 unspecified atom stereocenters. The first-order valence-corrected chi connectivity index (χ1v) is 12.2. The highest BCUT2D eigenvalue weighted by molar-refractivity contribution is 7.89. The van der Waals surface area contributed by atoms with E-state index in [1.165, 1.54) is 31.2 Å². The number of amides is 1. The van der Waals surface area contributed by atoms with Crippen LogP contribution < -0.4 is 4.72 Å². The van der Waals surface area contributed by atoms with E-state index in [4.69, 9.17) is 0 Å². The molecule has 0 radical (unpaired) electrons. The van der Waals surface area contributed by atoms with Gasteiger partial charge in [-0.15, -0.1) is 0 Å². The van der Waals surface area contributed by atoms with Crippen molar-refractivity contribution in [2.45, 2.75) is 37.2 Å². The van der Waals surface area contributed by atoms with E-state index in [1.54, 1.807) is 30.5 Å². The quantitative estimate of drug-likeness (QED) is 0.539. The van der Waals surface area contributed by atoms with E-state index >= 15 is 0 Å². The van der Waals surface area contributed by atoms with Crippen LogP contribution in [-0.4, -0.2) is 36.5 Å². The summed E-state index contributed by atoms with van der Waals surface area (Å²) in [5, 5.41) is 0. The Hall–Kier alpha value is -3.36. The normalized spacial score (nSPS) is 16.0. The number of nitrogens with one attached hydrogen (secondary N) is 1. The first-order chi connectivity index (χ1) is 15.8. The van der Waals surface area contributed by atoms with Crippen LogP contribution in [0.25, 0.3) is 0 Å². The lowest BCUT2D eigenvalue weighted by molar-refractivity contribution is 0.0732. The monoisotopic (exact) mass is 463 g/mol. The minimum absolute atomic E-state index is 0.0282. The molecule has 1 aliphatic rings.